The predicted molar refractivity (Wildman–Crippen MR) is 120 cm³/mol. The molecule has 0 fully saturated rings. The fraction of sp³-hybridized carbons (Fsp3) is 0.125. The number of hydrogen-bond acceptors (Lipinski definition) is 4. The van der Waals surface area contributed by atoms with Gasteiger partial charge in [-0.2, -0.15) is 0 Å². The Morgan fingerprint density at radius 1 is 1.06 bits per heavy atom. The van der Waals surface area contributed by atoms with Crippen molar-refractivity contribution in [3.05, 3.63) is 84.3 Å². The van der Waals surface area contributed by atoms with Crippen molar-refractivity contribution in [2.45, 2.75) is 6.42 Å². The first-order valence-corrected chi connectivity index (χ1v) is 9.77. The molecular formula is C24H22N4O3. The van der Waals surface area contributed by atoms with Gasteiger partial charge >= 0.3 is 0 Å². The van der Waals surface area contributed by atoms with Crippen molar-refractivity contribution in [3.63, 3.8) is 0 Å². The van der Waals surface area contributed by atoms with Gasteiger partial charge in [0.15, 0.2) is 0 Å². The number of hydrogen-bond donors (Lipinski definition) is 2. The number of aromatic nitrogens is 2. The van der Waals surface area contributed by atoms with Gasteiger partial charge in [-0.05, 0) is 35.9 Å². The van der Waals surface area contributed by atoms with Gasteiger partial charge in [0.25, 0.3) is 5.91 Å². The summed E-state index contributed by atoms with van der Waals surface area (Å²) in [5.41, 5.74) is 3.57. The number of rotatable bonds is 6. The molecule has 2 aromatic heterocycles. The summed E-state index contributed by atoms with van der Waals surface area (Å²) in [5.74, 6) is 0.0184. The van der Waals surface area contributed by atoms with E-state index in [0.717, 1.165) is 16.5 Å². The van der Waals surface area contributed by atoms with Crippen molar-refractivity contribution < 1.29 is 14.3 Å². The zero-order chi connectivity index (χ0) is 21.8. The highest BCUT2D eigenvalue weighted by atomic mass is 16.5. The molecule has 0 aliphatic rings. The molecule has 4 aromatic rings. The minimum atomic E-state index is -0.292. The number of ether oxygens (including phenoxy) is 1. The monoisotopic (exact) mass is 414 g/mol. The zero-order valence-corrected chi connectivity index (χ0v) is 17.3. The van der Waals surface area contributed by atoms with E-state index < -0.39 is 0 Å². The van der Waals surface area contributed by atoms with Crippen LogP contribution in [0.5, 0.6) is 5.75 Å². The van der Waals surface area contributed by atoms with Crippen molar-refractivity contribution in [1.82, 2.24) is 9.55 Å². The maximum atomic E-state index is 12.6. The van der Waals surface area contributed by atoms with E-state index in [1.54, 1.807) is 36.5 Å². The van der Waals surface area contributed by atoms with Crippen LogP contribution >= 0.6 is 0 Å². The van der Waals surface area contributed by atoms with Crippen LogP contribution in [0.3, 0.4) is 0 Å². The fourth-order valence-electron chi connectivity index (χ4n) is 3.51. The molecule has 2 N–H and O–H groups in total. The number of methoxy groups -OCH3 is 1. The van der Waals surface area contributed by atoms with Gasteiger partial charge < -0.3 is 19.9 Å². The van der Waals surface area contributed by atoms with Gasteiger partial charge in [0, 0.05) is 48.3 Å². The Labute approximate surface area is 179 Å². The van der Waals surface area contributed by atoms with Crippen LogP contribution in [0.2, 0.25) is 0 Å². The Balaban J connectivity index is 1.47. The second-order valence-corrected chi connectivity index (χ2v) is 7.12. The van der Waals surface area contributed by atoms with E-state index in [9.17, 15) is 9.59 Å². The topological polar surface area (TPSA) is 85.2 Å². The van der Waals surface area contributed by atoms with Gasteiger partial charge in [-0.15, -0.1) is 0 Å². The molecule has 0 aliphatic heterocycles. The van der Waals surface area contributed by atoms with Crippen LogP contribution in [-0.4, -0.2) is 28.5 Å². The van der Waals surface area contributed by atoms with Gasteiger partial charge in [-0.3, -0.25) is 14.6 Å². The highest BCUT2D eigenvalue weighted by Crippen LogP contribution is 2.29. The Morgan fingerprint density at radius 3 is 2.68 bits per heavy atom. The van der Waals surface area contributed by atoms with Gasteiger partial charge in [-0.25, -0.2) is 0 Å². The smallest absolute Gasteiger partial charge is 0.257 e. The molecule has 0 spiro atoms. The lowest BCUT2D eigenvalue weighted by atomic mass is 10.1. The molecule has 31 heavy (non-hydrogen) atoms. The normalized spacial score (nSPS) is 10.6. The summed E-state index contributed by atoms with van der Waals surface area (Å²) in [6.07, 6.45) is 5.32. The Morgan fingerprint density at radius 2 is 1.90 bits per heavy atom. The number of anilines is 2. The summed E-state index contributed by atoms with van der Waals surface area (Å²) < 4.78 is 7.41. The number of aryl methyl sites for hydroxylation is 1. The number of carbonyl (C=O) groups excluding carboxylic acids is 2. The maximum absolute atomic E-state index is 12.6. The van der Waals surface area contributed by atoms with Crippen molar-refractivity contribution in [3.8, 4) is 5.75 Å². The van der Waals surface area contributed by atoms with E-state index >= 15 is 0 Å². The van der Waals surface area contributed by atoms with Crippen LogP contribution in [0.25, 0.3) is 10.9 Å². The molecule has 2 aromatic carbocycles. The first-order chi connectivity index (χ1) is 15.0. The molecule has 7 heteroatoms. The van der Waals surface area contributed by atoms with Crippen molar-refractivity contribution >= 4 is 34.1 Å². The first-order valence-electron chi connectivity index (χ1n) is 9.77. The second kappa shape index (κ2) is 8.71. The molecule has 0 saturated carbocycles. The SMILES string of the molecule is COc1cc(NC(=O)Cc2cn(C)c3ccccc23)ccc1NC(=O)c1cccnc1. The highest BCUT2D eigenvalue weighted by Gasteiger charge is 2.13. The molecule has 156 valence electrons. The molecule has 0 bridgehead atoms. The molecule has 0 unspecified atom stereocenters. The van der Waals surface area contributed by atoms with Crippen LogP contribution in [-0.2, 0) is 18.3 Å². The standard InChI is InChI=1S/C24H22N4O3/c1-28-15-17(19-7-3-4-8-21(19)28)12-23(29)26-18-9-10-20(22(13-18)31-2)27-24(30)16-6-5-11-25-14-16/h3-11,13-15H,12H2,1-2H3,(H,26,29)(H,27,30). The third-order valence-corrected chi connectivity index (χ3v) is 4.99. The summed E-state index contributed by atoms with van der Waals surface area (Å²) in [6, 6.07) is 16.5. The minimum absolute atomic E-state index is 0.134. The quantitative estimate of drug-likeness (QED) is 0.499. The van der Waals surface area contributed by atoms with Crippen molar-refractivity contribution in [1.29, 1.82) is 0 Å². The molecule has 0 saturated heterocycles. The zero-order valence-electron chi connectivity index (χ0n) is 17.3. The van der Waals surface area contributed by atoms with Crippen molar-refractivity contribution in [2.24, 2.45) is 7.05 Å². The largest absolute Gasteiger partial charge is 0.494 e. The molecule has 4 rings (SSSR count). The van der Waals surface area contributed by atoms with E-state index in [0.29, 0.717) is 22.7 Å². The molecule has 0 atom stereocenters. The number of nitrogens with zero attached hydrogens (tertiary/aromatic N) is 2. The van der Waals surface area contributed by atoms with Crippen LogP contribution in [0.1, 0.15) is 15.9 Å². The molecule has 2 amide bonds. The predicted octanol–water partition coefficient (Wildman–Crippen LogP) is 4.02. The first kappa shape index (κ1) is 20.2. The maximum Gasteiger partial charge on any atom is 0.257 e. The molecular weight excluding hydrogens is 392 g/mol. The highest BCUT2D eigenvalue weighted by molar-refractivity contribution is 6.05. The van der Waals surface area contributed by atoms with E-state index in [-0.39, 0.29) is 18.2 Å². The summed E-state index contributed by atoms with van der Waals surface area (Å²) >= 11 is 0. The van der Waals surface area contributed by atoms with Gasteiger partial charge in [-0.1, -0.05) is 18.2 Å². The van der Waals surface area contributed by atoms with Gasteiger partial charge in [0.1, 0.15) is 5.75 Å². The number of amides is 2. The lowest BCUT2D eigenvalue weighted by Crippen LogP contribution is -2.15. The Bertz CT molecular complexity index is 1250. The Hall–Kier alpha value is -4.13. The van der Waals surface area contributed by atoms with E-state index in [1.165, 1.54) is 13.3 Å². The third-order valence-electron chi connectivity index (χ3n) is 4.99. The van der Waals surface area contributed by atoms with E-state index in [4.69, 9.17) is 4.74 Å². The van der Waals surface area contributed by atoms with Crippen LogP contribution in [0, 0.1) is 0 Å². The molecule has 0 radical (unpaired) electrons. The minimum Gasteiger partial charge on any atom is -0.494 e. The Kier molecular flexibility index (Phi) is 5.66. The third kappa shape index (κ3) is 4.40. The summed E-state index contributed by atoms with van der Waals surface area (Å²) in [4.78, 5) is 29.0. The summed E-state index contributed by atoms with van der Waals surface area (Å²) in [6.45, 7) is 0. The molecule has 2 heterocycles. The van der Waals surface area contributed by atoms with Crippen LogP contribution in [0.15, 0.2) is 73.2 Å². The van der Waals surface area contributed by atoms with Crippen LogP contribution in [0.4, 0.5) is 11.4 Å². The lowest BCUT2D eigenvalue weighted by molar-refractivity contribution is -0.115. The summed E-state index contributed by atoms with van der Waals surface area (Å²) in [7, 11) is 3.48. The average molecular weight is 414 g/mol. The summed E-state index contributed by atoms with van der Waals surface area (Å²) in [5, 5.41) is 6.76. The number of fused-ring (bicyclic) bond motifs is 1. The number of pyridine rings is 1. The number of para-hydroxylation sites is 1. The van der Waals surface area contributed by atoms with E-state index in [2.05, 4.69) is 15.6 Å². The average Bonchev–Trinajstić information content (AvgIpc) is 3.10. The molecule has 7 nitrogen and oxygen atoms in total. The molecule has 0 aliphatic carbocycles. The number of carbonyl (C=O) groups is 2. The lowest BCUT2D eigenvalue weighted by Gasteiger charge is -2.12. The van der Waals surface area contributed by atoms with Crippen molar-refractivity contribution in [2.75, 3.05) is 17.7 Å². The fourth-order valence-corrected chi connectivity index (χ4v) is 3.51. The number of nitrogens with one attached hydrogen (secondary N) is 2. The second-order valence-electron chi connectivity index (χ2n) is 7.12. The van der Waals surface area contributed by atoms with Gasteiger partial charge in [0.2, 0.25) is 5.91 Å². The van der Waals surface area contributed by atoms with Gasteiger partial charge in [0.05, 0.1) is 24.8 Å². The van der Waals surface area contributed by atoms with E-state index in [1.807, 2.05) is 42.1 Å². The van der Waals surface area contributed by atoms with Crippen LogP contribution < -0.4 is 15.4 Å². The number of benzene rings is 2.